The lowest BCUT2D eigenvalue weighted by atomic mass is 9.77. The van der Waals surface area contributed by atoms with Crippen LogP contribution in [0.5, 0.6) is 5.75 Å². The summed E-state index contributed by atoms with van der Waals surface area (Å²) in [5, 5.41) is 18.0. The van der Waals surface area contributed by atoms with E-state index >= 15 is 0 Å². The fraction of sp³-hybridized carbons (Fsp3) is 0.333. The van der Waals surface area contributed by atoms with E-state index in [1.54, 1.807) is 25.1 Å². The van der Waals surface area contributed by atoms with Crippen molar-refractivity contribution in [3.63, 3.8) is 0 Å². The van der Waals surface area contributed by atoms with Crippen LogP contribution in [0.3, 0.4) is 0 Å². The monoisotopic (exact) mass is 196 g/mol. The van der Waals surface area contributed by atoms with Gasteiger partial charge in [-0.2, -0.15) is 0 Å². The van der Waals surface area contributed by atoms with Crippen molar-refractivity contribution in [3.8, 4) is 5.75 Å². The SMILES string of the molecule is COCOc1cccc(B(O)O)c1C. The van der Waals surface area contributed by atoms with Gasteiger partial charge >= 0.3 is 7.12 Å². The highest BCUT2D eigenvalue weighted by Crippen LogP contribution is 2.14. The van der Waals surface area contributed by atoms with Crippen molar-refractivity contribution in [2.24, 2.45) is 0 Å². The fourth-order valence-corrected chi connectivity index (χ4v) is 1.19. The Morgan fingerprint density at radius 2 is 2.07 bits per heavy atom. The minimum Gasteiger partial charge on any atom is -0.467 e. The normalized spacial score (nSPS) is 10.0. The molecule has 0 bridgehead atoms. The summed E-state index contributed by atoms with van der Waals surface area (Å²) in [4.78, 5) is 0. The standard InChI is InChI=1S/C9H13BO4/c1-7-8(10(11)12)4-3-5-9(7)14-6-13-2/h3-5,11-12H,6H2,1-2H3. The molecule has 4 nitrogen and oxygen atoms in total. The zero-order valence-corrected chi connectivity index (χ0v) is 8.23. The van der Waals surface area contributed by atoms with Crippen molar-refractivity contribution in [2.45, 2.75) is 6.92 Å². The second-order valence-electron chi connectivity index (χ2n) is 2.89. The topological polar surface area (TPSA) is 58.9 Å². The van der Waals surface area contributed by atoms with Gasteiger partial charge in [-0.05, 0) is 24.0 Å². The summed E-state index contributed by atoms with van der Waals surface area (Å²) in [6.45, 7) is 1.91. The van der Waals surface area contributed by atoms with Crippen LogP contribution in [0.4, 0.5) is 0 Å². The lowest BCUT2D eigenvalue weighted by Gasteiger charge is -2.11. The van der Waals surface area contributed by atoms with E-state index in [2.05, 4.69) is 0 Å². The first kappa shape index (κ1) is 11.0. The van der Waals surface area contributed by atoms with Crippen molar-refractivity contribution in [2.75, 3.05) is 13.9 Å². The molecule has 0 aliphatic rings. The van der Waals surface area contributed by atoms with E-state index in [-0.39, 0.29) is 6.79 Å². The molecular formula is C9H13BO4. The smallest absolute Gasteiger partial charge is 0.467 e. The molecule has 14 heavy (non-hydrogen) atoms. The molecule has 2 N–H and O–H groups in total. The van der Waals surface area contributed by atoms with Crippen molar-refractivity contribution < 1.29 is 19.5 Å². The van der Waals surface area contributed by atoms with Gasteiger partial charge in [-0.1, -0.05) is 12.1 Å². The van der Waals surface area contributed by atoms with E-state index in [1.807, 2.05) is 0 Å². The van der Waals surface area contributed by atoms with Gasteiger partial charge in [0.2, 0.25) is 0 Å². The molecule has 0 amide bonds. The molecule has 0 unspecified atom stereocenters. The Balaban J connectivity index is 2.89. The minimum absolute atomic E-state index is 0.145. The molecule has 0 atom stereocenters. The Morgan fingerprint density at radius 1 is 1.36 bits per heavy atom. The Bertz CT molecular complexity index is 301. The first-order valence-corrected chi connectivity index (χ1v) is 4.24. The maximum Gasteiger partial charge on any atom is 0.488 e. The van der Waals surface area contributed by atoms with Crippen molar-refractivity contribution in [1.82, 2.24) is 0 Å². The molecule has 5 heteroatoms. The maximum atomic E-state index is 9.02. The van der Waals surface area contributed by atoms with Crippen LogP contribution in [0.1, 0.15) is 5.56 Å². The van der Waals surface area contributed by atoms with Crippen molar-refractivity contribution in [1.29, 1.82) is 0 Å². The summed E-state index contributed by atoms with van der Waals surface area (Å²) < 4.78 is 9.99. The molecule has 0 spiro atoms. The zero-order valence-electron chi connectivity index (χ0n) is 8.23. The molecule has 1 aromatic rings. The number of benzene rings is 1. The number of ether oxygens (including phenoxy) is 2. The fourth-order valence-electron chi connectivity index (χ4n) is 1.19. The summed E-state index contributed by atoms with van der Waals surface area (Å²) >= 11 is 0. The first-order valence-electron chi connectivity index (χ1n) is 4.24. The van der Waals surface area contributed by atoms with Crippen LogP contribution in [-0.4, -0.2) is 31.1 Å². The number of hydrogen-bond donors (Lipinski definition) is 2. The average Bonchev–Trinajstić information content (AvgIpc) is 2.16. The number of rotatable bonds is 4. The highest BCUT2D eigenvalue weighted by molar-refractivity contribution is 6.59. The molecule has 0 aromatic heterocycles. The Morgan fingerprint density at radius 3 is 2.64 bits per heavy atom. The van der Waals surface area contributed by atoms with E-state index < -0.39 is 7.12 Å². The lowest BCUT2D eigenvalue weighted by molar-refractivity contribution is 0.0507. The zero-order chi connectivity index (χ0) is 10.6. The Kier molecular flexibility index (Phi) is 3.94. The average molecular weight is 196 g/mol. The molecule has 0 fully saturated rings. The second-order valence-corrected chi connectivity index (χ2v) is 2.89. The van der Waals surface area contributed by atoms with Gasteiger partial charge in [0.1, 0.15) is 5.75 Å². The molecule has 0 radical (unpaired) electrons. The van der Waals surface area contributed by atoms with Gasteiger partial charge in [0, 0.05) is 7.11 Å². The van der Waals surface area contributed by atoms with Gasteiger partial charge in [-0.25, -0.2) is 0 Å². The molecule has 1 aromatic carbocycles. The van der Waals surface area contributed by atoms with E-state index in [1.165, 1.54) is 7.11 Å². The summed E-state index contributed by atoms with van der Waals surface area (Å²) in [6.07, 6.45) is 0. The third-order valence-electron chi connectivity index (χ3n) is 1.94. The molecule has 0 saturated carbocycles. The summed E-state index contributed by atoms with van der Waals surface area (Å²) in [5.41, 5.74) is 1.15. The van der Waals surface area contributed by atoms with Gasteiger partial charge in [-0.15, -0.1) is 0 Å². The van der Waals surface area contributed by atoms with Gasteiger partial charge in [0.15, 0.2) is 6.79 Å². The third-order valence-corrected chi connectivity index (χ3v) is 1.94. The van der Waals surface area contributed by atoms with Crippen LogP contribution in [0, 0.1) is 6.92 Å². The molecule has 0 aliphatic carbocycles. The van der Waals surface area contributed by atoms with Gasteiger partial charge in [0.25, 0.3) is 0 Å². The second kappa shape index (κ2) is 5.00. The Hall–Kier alpha value is -1.04. The Labute approximate surface area is 83.2 Å². The summed E-state index contributed by atoms with van der Waals surface area (Å²) in [6, 6.07) is 5.09. The van der Waals surface area contributed by atoms with Gasteiger partial charge in [0.05, 0.1) is 0 Å². The highest BCUT2D eigenvalue weighted by Gasteiger charge is 2.15. The molecular weight excluding hydrogens is 183 g/mol. The maximum absolute atomic E-state index is 9.02. The molecule has 0 aliphatic heterocycles. The highest BCUT2D eigenvalue weighted by atomic mass is 16.7. The van der Waals surface area contributed by atoms with Crippen LogP contribution >= 0.6 is 0 Å². The van der Waals surface area contributed by atoms with Crippen LogP contribution in [0.2, 0.25) is 0 Å². The molecule has 0 saturated heterocycles. The number of hydrogen-bond acceptors (Lipinski definition) is 4. The van der Waals surface area contributed by atoms with Crippen LogP contribution < -0.4 is 10.2 Å². The quantitative estimate of drug-likeness (QED) is 0.510. The largest absolute Gasteiger partial charge is 0.488 e. The summed E-state index contributed by atoms with van der Waals surface area (Å²) in [5.74, 6) is 0.595. The van der Waals surface area contributed by atoms with Crippen LogP contribution in [0.15, 0.2) is 18.2 Å². The van der Waals surface area contributed by atoms with Gasteiger partial charge < -0.3 is 19.5 Å². The minimum atomic E-state index is -1.47. The van der Waals surface area contributed by atoms with E-state index in [4.69, 9.17) is 19.5 Å². The first-order chi connectivity index (χ1) is 6.66. The molecule has 1 rings (SSSR count). The van der Waals surface area contributed by atoms with Gasteiger partial charge in [-0.3, -0.25) is 0 Å². The predicted octanol–water partition coefficient (Wildman–Crippen LogP) is -0.342. The molecule has 0 heterocycles. The van der Waals surface area contributed by atoms with E-state index in [9.17, 15) is 0 Å². The predicted molar refractivity (Wildman–Crippen MR) is 53.5 cm³/mol. The van der Waals surface area contributed by atoms with E-state index in [0.717, 1.165) is 0 Å². The summed E-state index contributed by atoms with van der Waals surface area (Å²) in [7, 11) is 0.0566. The number of methoxy groups -OCH3 is 1. The van der Waals surface area contributed by atoms with E-state index in [0.29, 0.717) is 16.8 Å². The molecule has 76 valence electrons. The third kappa shape index (κ3) is 2.48. The van der Waals surface area contributed by atoms with Crippen molar-refractivity contribution >= 4 is 12.6 Å². The van der Waals surface area contributed by atoms with Crippen LogP contribution in [-0.2, 0) is 4.74 Å². The lowest BCUT2D eigenvalue weighted by Crippen LogP contribution is -2.32. The van der Waals surface area contributed by atoms with Crippen molar-refractivity contribution in [3.05, 3.63) is 23.8 Å². The van der Waals surface area contributed by atoms with Crippen LogP contribution in [0.25, 0.3) is 0 Å².